The monoisotopic (exact) mass is 311 g/mol. The van der Waals surface area contributed by atoms with Gasteiger partial charge < -0.3 is 15.2 Å². The Hall–Kier alpha value is -3.08. The molecule has 0 atom stereocenters. The number of carbonyl (C=O) groups excluding carboxylic acids is 1. The van der Waals surface area contributed by atoms with Crippen LogP contribution in [0.3, 0.4) is 0 Å². The predicted octanol–water partition coefficient (Wildman–Crippen LogP) is 2.86. The van der Waals surface area contributed by atoms with Gasteiger partial charge in [-0.3, -0.25) is 4.79 Å². The fourth-order valence-corrected chi connectivity index (χ4v) is 1.99. The fourth-order valence-electron chi connectivity index (χ4n) is 1.99. The molecule has 23 heavy (non-hydrogen) atoms. The van der Waals surface area contributed by atoms with Crippen molar-refractivity contribution in [2.75, 3.05) is 7.11 Å². The highest BCUT2D eigenvalue weighted by Gasteiger charge is 2.14. The molecule has 0 aliphatic carbocycles. The van der Waals surface area contributed by atoms with E-state index in [0.717, 1.165) is 5.56 Å². The lowest BCUT2D eigenvalue weighted by atomic mass is 10.1. The highest BCUT2D eigenvalue weighted by Crippen LogP contribution is 2.20. The Morgan fingerprint density at radius 3 is 2.35 bits per heavy atom. The Kier molecular flexibility index (Phi) is 5.15. The molecule has 2 N–H and O–H groups in total. The zero-order chi connectivity index (χ0) is 16.8. The van der Waals surface area contributed by atoms with E-state index in [9.17, 15) is 14.7 Å². The van der Waals surface area contributed by atoms with Crippen molar-refractivity contribution in [3.8, 4) is 5.75 Å². The molecule has 0 radical (unpaired) electrons. The predicted molar refractivity (Wildman–Crippen MR) is 87.3 cm³/mol. The van der Waals surface area contributed by atoms with E-state index >= 15 is 0 Å². The van der Waals surface area contributed by atoms with Gasteiger partial charge in [0.1, 0.15) is 11.4 Å². The second-order valence-corrected chi connectivity index (χ2v) is 4.93. The van der Waals surface area contributed by atoms with Crippen LogP contribution in [0.25, 0.3) is 6.08 Å². The number of carbonyl (C=O) groups is 2. The summed E-state index contributed by atoms with van der Waals surface area (Å²) in [4.78, 5) is 23.6. The van der Waals surface area contributed by atoms with Gasteiger partial charge in [0.15, 0.2) is 0 Å². The minimum atomic E-state index is -1.23. The number of hydrogen-bond donors (Lipinski definition) is 2. The first kappa shape index (κ1) is 16.3. The number of aryl methyl sites for hydroxylation is 1. The zero-order valence-electron chi connectivity index (χ0n) is 12.9. The van der Waals surface area contributed by atoms with Gasteiger partial charge in [0, 0.05) is 11.1 Å². The molecule has 0 aliphatic heterocycles. The minimum Gasteiger partial charge on any atom is -0.496 e. The van der Waals surface area contributed by atoms with Crippen molar-refractivity contribution in [2.45, 2.75) is 6.92 Å². The number of para-hydroxylation sites is 1. The molecular weight excluding hydrogens is 294 g/mol. The number of methoxy groups -OCH3 is 1. The molecule has 2 aromatic rings. The van der Waals surface area contributed by atoms with Crippen molar-refractivity contribution < 1.29 is 19.4 Å². The Balaban J connectivity index is 2.28. The first-order valence-corrected chi connectivity index (χ1v) is 6.97. The summed E-state index contributed by atoms with van der Waals surface area (Å²) in [7, 11) is 1.50. The van der Waals surface area contributed by atoms with Crippen molar-refractivity contribution >= 4 is 18.0 Å². The van der Waals surface area contributed by atoms with E-state index in [1.807, 2.05) is 6.92 Å². The summed E-state index contributed by atoms with van der Waals surface area (Å²) in [6, 6.07) is 13.8. The first-order chi connectivity index (χ1) is 11.0. The molecule has 1 amide bonds. The number of nitrogens with one attached hydrogen (secondary N) is 1. The van der Waals surface area contributed by atoms with Crippen LogP contribution in [0.5, 0.6) is 5.75 Å². The van der Waals surface area contributed by atoms with Crippen molar-refractivity contribution in [2.24, 2.45) is 0 Å². The lowest BCUT2D eigenvalue weighted by Crippen LogP contribution is -2.27. The number of rotatable bonds is 5. The van der Waals surface area contributed by atoms with Crippen LogP contribution < -0.4 is 10.1 Å². The maximum atomic E-state index is 12.2. The molecule has 5 nitrogen and oxygen atoms in total. The van der Waals surface area contributed by atoms with Gasteiger partial charge in [-0.25, -0.2) is 4.79 Å². The summed E-state index contributed by atoms with van der Waals surface area (Å²) in [6.45, 7) is 1.91. The van der Waals surface area contributed by atoms with Crippen LogP contribution in [-0.2, 0) is 4.79 Å². The summed E-state index contributed by atoms with van der Waals surface area (Å²) in [6.07, 6.45) is 1.37. The van der Waals surface area contributed by atoms with E-state index in [0.29, 0.717) is 16.9 Å². The second kappa shape index (κ2) is 7.26. The molecule has 0 heterocycles. The Bertz CT molecular complexity index is 748. The van der Waals surface area contributed by atoms with Gasteiger partial charge in [0.05, 0.1) is 7.11 Å². The maximum absolute atomic E-state index is 12.2. The molecule has 0 saturated carbocycles. The summed E-state index contributed by atoms with van der Waals surface area (Å²) in [5, 5.41) is 11.7. The molecule has 0 saturated heterocycles. The van der Waals surface area contributed by atoms with Crippen LogP contribution in [0.2, 0.25) is 0 Å². The number of hydrogen-bond acceptors (Lipinski definition) is 3. The van der Waals surface area contributed by atoms with Crippen LogP contribution in [0, 0.1) is 6.92 Å². The van der Waals surface area contributed by atoms with Gasteiger partial charge in [-0.05, 0) is 31.2 Å². The molecule has 0 spiro atoms. The zero-order valence-corrected chi connectivity index (χ0v) is 12.9. The normalized spacial score (nSPS) is 11.0. The Labute approximate surface area is 134 Å². The highest BCUT2D eigenvalue weighted by atomic mass is 16.5. The van der Waals surface area contributed by atoms with Gasteiger partial charge in [-0.15, -0.1) is 0 Å². The highest BCUT2D eigenvalue weighted by molar-refractivity contribution is 6.02. The molecule has 0 unspecified atom stereocenters. The summed E-state index contributed by atoms with van der Waals surface area (Å²) in [5.41, 5.74) is 1.75. The van der Waals surface area contributed by atoms with Crippen LogP contribution in [0.4, 0.5) is 0 Å². The molecule has 0 aliphatic rings. The van der Waals surface area contributed by atoms with Crippen LogP contribution in [0.15, 0.2) is 54.2 Å². The van der Waals surface area contributed by atoms with E-state index < -0.39 is 11.9 Å². The third kappa shape index (κ3) is 4.20. The lowest BCUT2D eigenvalue weighted by Gasteiger charge is -2.08. The SMILES string of the molecule is COc1ccccc1C=C(NC(=O)c1ccc(C)cc1)C(=O)O. The van der Waals surface area contributed by atoms with Crippen molar-refractivity contribution in [3.05, 3.63) is 70.9 Å². The van der Waals surface area contributed by atoms with Gasteiger partial charge in [-0.2, -0.15) is 0 Å². The average molecular weight is 311 g/mol. The number of carboxylic acid groups (broad SMARTS) is 1. The van der Waals surface area contributed by atoms with E-state index in [4.69, 9.17) is 4.74 Å². The summed E-state index contributed by atoms with van der Waals surface area (Å²) < 4.78 is 5.18. The summed E-state index contributed by atoms with van der Waals surface area (Å²) in [5.74, 6) is -1.18. The second-order valence-electron chi connectivity index (χ2n) is 4.93. The smallest absolute Gasteiger partial charge is 0.352 e. The van der Waals surface area contributed by atoms with E-state index in [2.05, 4.69) is 5.32 Å². The molecule has 2 rings (SSSR count). The Morgan fingerprint density at radius 2 is 1.74 bits per heavy atom. The third-order valence-corrected chi connectivity index (χ3v) is 3.23. The quantitative estimate of drug-likeness (QED) is 0.833. The molecule has 0 aromatic heterocycles. The van der Waals surface area contributed by atoms with E-state index in [-0.39, 0.29) is 5.70 Å². The standard InChI is InChI=1S/C18H17NO4/c1-12-7-9-13(10-8-12)17(20)19-15(18(21)22)11-14-5-3-4-6-16(14)23-2/h3-11H,1-2H3,(H,19,20)(H,21,22). The first-order valence-electron chi connectivity index (χ1n) is 6.97. The molecule has 2 aromatic carbocycles. The number of amides is 1. The van der Waals surface area contributed by atoms with Crippen LogP contribution >= 0.6 is 0 Å². The lowest BCUT2D eigenvalue weighted by molar-refractivity contribution is -0.132. The largest absolute Gasteiger partial charge is 0.496 e. The van der Waals surface area contributed by atoms with Gasteiger partial charge in [-0.1, -0.05) is 35.9 Å². The molecular formula is C18H17NO4. The maximum Gasteiger partial charge on any atom is 0.352 e. The molecule has 118 valence electrons. The minimum absolute atomic E-state index is 0.222. The van der Waals surface area contributed by atoms with Gasteiger partial charge in [0.25, 0.3) is 5.91 Å². The van der Waals surface area contributed by atoms with Gasteiger partial charge in [0.2, 0.25) is 0 Å². The topological polar surface area (TPSA) is 75.6 Å². The molecule has 0 bridgehead atoms. The van der Waals surface area contributed by atoms with Crippen LogP contribution in [0.1, 0.15) is 21.5 Å². The van der Waals surface area contributed by atoms with Crippen molar-refractivity contribution in [1.29, 1.82) is 0 Å². The summed E-state index contributed by atoms with van der Waals surface area (Å²) >= 11 is 0. The number of benzene rings is 2. The van der Waals surface area contributed by atoms with E-state index in [1.165, 1.54) is 13.2 Å². The van der Waals surface area contributed by atoms with Gasteiger partial charge >= 0.3 is 5.97 Å². The molecule has 5 heteroatoms. The molecule has 0 fully saturated rings. The fraction of sp³-hybridized carbons (Fsp3) is 0.111. The number of carboxylic acids is 1. The van der Waals surface area contributed by atoms with Crippen molar-refractivity contribution in [1.82, 2.24) is 5.32 Å². The number of ether oxygens (including phenoxy) is 1. The average Bonchev–Trinajstić information content (AvgIpc) is 2.55. The third-order valence-electron chi connectivity index (χ3n) is 3.23. The van der Waals surface area contributed by atoms with Crippen LogP contribution in [-0.4, -0.2) is 24.1 Å². The number of aliphatic carboxylic acids is 1. The van der Waals surface area contributed by atoms with E-state index in [1.54, 1.807) is 48.5 Å². The van der Waals surface area contributed by atoms with Crippen molar-refractivity contribution in [3.63, 3.8) is 0 Å². The Morgan fingerprint density at radius 1 is 1.09 bits per heavy atom.